The predicted molar refractivity (Wildman–Crippen MR) is 45.6 cm³/mol. The number of hydrogen-bond donors (Lipinski definition) is 0. The number of benzene rings is 1. The fourth-order valence-corrected chi connectivity index (χ4v) is 1.12. The number of aryl methyl sites for hydroxylation is 1. The number of rotatable bonds is 3. The molecule has 0 amide bonds. The molecule has 64 valence electrons. The molecule has 0 aromatic heterocycles. The average molecular weight is 166 g/mol. The van der Waals surface area contributed by atoms with E-state index in [-0.39, 0.29) is 6.42 Å². The molecular weight excluding hydrogens is 155 g/mol. The number of halogens is 1. The summed E-state index contributed by atoms with van der Waals surface area (Å²) in [4.78, 5) is 10.1. The fraction of sp³-hybridized carbons (Fsp3) is 0.300. The molecule has 0 aliphatic heterocycles. The van der Waals surface area contributed by atoms with Gasteiger partial charge in [0.25, 0.3) is 0 Å². The van der Waals surface area contributed by atoms with Crippen LogP contribution in [0, 0.1) is 0 Å². The SMILES string of the molecule is CCc1cccc(CC(=O)F)c1. The molecule has 0 radical (unpaired) electrons. The van der Waals surface area contributed by atoms with Gasteiger partial charge in [-0.05, 0) is 17.5 Å². The lowest BCUT2D eigenvalue weighted by atomic mass is 10.1. The second kappa shape index (κ2) is 4.00. The largest absolute Gasteiger partial charge is 0.305 e. The first-order valence-electron chi connectivity index (χ1n) is 3.98. The third-order valence-corrected chi connectivity index (χ3v) is 1.74. The van der Waals surface area contributed by atoms with E-state index in [9.17, 15) is 9.18 Å². The highest BCUT2D eigenvalue weighted by Crippen LogP contribution is 2.06. The lowest BCUT2D eigenvalue weighted by molar-refractivity contribution is -0.128. The van der Waals surface area contributed by atoms with E-state index < -0.39 is 6.04 Å². The van der Waals surface area contributed by atoms with Crippen molar-refractivity contribution in [3.05, 3.63) is 35.4 Å². The van der Waals surface area contributed by atoms with Crippen LogP contribution in [0.4, 0.5) is 4.39 Å². The van der Waals surface area contributed by atoms with Crippen molar-refractivity contribution in [3.8, 4) is 0 Å². The van der Waals surface area contributed by atoms with Crippen molar-refractivity contribution >= 4 is 6.04 Å². The molecule has 2 heteroatoms. The molecule has 0 aliphatic rings. The van der Waals surface area contributed by atoms with Crippen LogP contribution >= 0.6 is 0 Å². The van der Waals surface area contributed by atoms with Crippen molar-refractivity contribution in [2.24, 2.45) is 0 Å². The molecule has 0 fully saturated rings. The summed E-state index contributed by atoms with van der Waals surface area (Å²) < 4.78 is 12.0. The number of carbonyl (C=O) groups is 1. The van der Waals surface area contributed by atoms with E-state index in [1.165, 1.54) is 0 Å². The summed E-state index contributed by atoms with van der Waals surface area (Å²) in [6, 6.07) is 6.15. The quantitative estimate of drug-likeness (QED) is 0.629. The molecule has 0 bridgehead atoms. The summed E-state index contributed by atoms with van der Waals surface area (Å²) in [6.07, 6.45) is 0.808. The highest BCUT2D eigenvalue weighted by Gasteiger charge is 2.00. The number of carbonyl (C=O) groups excluding carboxylic acids is 1. The molecule has 1 rings (SSSR count). The first-order chi connectivity index (χ1) is 5.72. The van der Waals surface area contributed by atoms with Crippen molar-refractivity contribution in [3.63, 3.8) is 0 Å². The normalized spacial score (nSPS) is 9.83. The predicted octanol–water partition coefficient (Wildman–Crippen LogP) is 2.29. The van der Waals surface area contributed by atoms with Crippen LogP contribution in [-0.2, 0) is 17.6 Å². The van der Waals surface area contributed by atoms with E-state index in [2.05, 4.69) is 0 Å². The standard InChI is InChI=1S/C10H11FO/c1-2-8-4-3-5-9(6-8)7-10(11)12/h3-6H,2,7H2,1H3. The molecule has 0 atom stereocenters. The monoisotopic (exact) mass is 166 g/mol. The Morgan fingerprint density at radius 2 is 2.08 bits per heavy atom. The molecule has 0 saturated carbocycles. The van der Waals surface area contributed by atoms with Gasteiger partial charge in [0.2, 0.25) is 0 Å². The second-order valence-corrected chi connectivity index (χ2v) is 2.71. The van der Waals surface area contributed by atoms with Crippen LogP contribution in [-0.4, -0.2) is 6.04 Å². The van der Waals surface area contributed by atoms with Gasteiger partial charge < -0.3 is 0 Å². The van der Waals surface area contributed by atoms with Gasteiger partial charge in [-0.2, -0.15) is 4.39 Å². The lowest BCUT2D eigenvalue weighted by Crippen LogP contribution is -1.95. The summed E-state index contributed by atoms with van der Waals surface area (Å²) in [5.41, 5.74) is 1.88. The zero-order valence-electron chi connectivity index (χ0n) is 7.01. The van der Waals surface area contributed by atoms with Crippen LogP contribution in [0.3, 0.4) is 0 Å². The minimum atomic E-state index is -1.27. The second-order valence-electron chi connectivity index (χ2n) is 2.71. The summed E-state index contributed by atoms with van der Waals surface area (Å²) in [7, 11) is 0. The molecule has 0 N–H and O–H groups in total. The van der Waals surface area contributed by atoms with Gasteiger partial charge in [0.05, 0.1) is 6.42 Å². The molecular formula is C10H11FO. The third-order valence-electron chi connectivity index (χ3n) is 1.74. The van der Waals surface area contributed by atoms with Crippen molar-refractivity contribution in [2.75, 3.05) is 0 Å². The molecule has 1 nitrogen and oxygen atoms in total. The molecule has 12 heavy (non-hydrogen) atoms. The summed E-state index contributed by atoms with van der Waals surface area (Å²) in [6.45, 7) is 2.02. The molecule has 0 unspecified atom stereocenters. The Labute approximate surface area is 71.2 Å². The van der Waals surface area contributed by atoms with E-state index in [0.717, 1.165) is 17.5 Å². The van der Waals surface area contributed by atoms with Crippen LogP contribution in [0.1, 0.15) is 18.1 Å². The molecule has 1 aromatic rings. The van der Waals surface area contributed by atoms with Crippen LogP contribution < -0.4 is 0 Å². The van der Waals surface area contributed by atoms with E-state index in [4.69, 9.17) is 0 Å². The molecule has 0 heterocycles. The van der Waals surface area contributed by atoms with Gasteiger partial charge in [-0.15, -0.1) is 0 Å². The van der Waals surface area contributed by atoms with Gasteiger partial charge in [-0.25, -0.2) is 0 Å². The maximum absolute atomic E-state index is 12.0. The molecule has 0 saturated heterocycles. The van der Waals surface area contributed by atoms with Crippen LogP contribution in [0.25, 0.3) is 0 Å². The third kappa shape index (κ3) is 2.46. The zero-order chi connectivity index (χ0) is 8.97. The van der Waals surface area contributed by atoms with Gasteiger partial charge in [0, 0.05) is 0 Å². The maximum Gasteiger partial charge on any atom is 0.305 e. The molecule has 0 spiro atoms. The van der Waals surface area contributed by atoms with E-state index in [1.54, 1.807) is 6.07 Å². The maximum atomic E-state index is 12.0. The van der Waals surface area contributed by atoms with Crippen molar-refractivity contribution in [1.29, 1.82) is 0 Å². The van der Waals surface area contributed by atoms with Crippen molar-refractivity contribution in [2.45, 2.75) is 19.8 Å². The Balaban J connectivity index is 2.79. The van der Waals surface area contributed by atoms with Gasteiger partial charge >= 0.3 is 6.04 Å². The highest BCUT2D eigenvalue weighted by molar-refractivity contribution is 5.71. The van der Waals surface area contributed by atoms with Crippen LogP contribution in [0.5, 0.6) is 0 Å². The Morgan fingerprint density at radius 3 is 2.67 bits per heavy atom. The van der Waals surface area contributed by atoms with Gasteiger partial charge in [-0.1, -0.05) is 31.2 Å². The Hall–Kier alpha value is -1.18. The minimum absolute atomic E-state index is 0.103. The topological polar surface area (TPSA) is 17.1 Å². The first kappa shape index (κ1) is 8.91. The van der Waals surface area contributed by atoms with E-state index in [1.807, 2.05) is 25.1 Å². The van der Waals surface area contributed by atoms with Gasteiger partial charge in [0.1, 0.15) is 0 Å². The van der Waals surface area contributed by atoms with Gasteiger partial charge in [-0.3, -0.25) is 4.79 Å². The highest BCUT2D eigenvalue weighted by atomic mass is 19.1. The molecule has 0 aliphatic carbocycles. The summed E-state index contributed by atoms with van der Waals surface area (Å²) in [5, 5.41) is 0. The minimum Gasteiger partial charge on any atom is -0.261 e. The van der Waals surface area contributed by atoms with E-state index >= 15 is 0 Å². The Bertz CT molecular complexity index is 281. The van der Waals surface area contributed by atoms with Crippen LogP contribution in [0.2, 0.25) is 0 Å². The van der Waals surface area contributed by atoms with Crippen molar-refractivity contribution < 1.29 is 9.18 Å². The van der Waals surface area contributed by atoms with E-state index in [0.29, 0.717) is 0 Å². The fourth-order valence-electron chi connectivity index (χ4n) is 1.12. The number of hydrogen-bond acceptors (Lipinski definition) is 1. The Morgan fingerprint density at radius 1 is 1.42 bits per heavy atom. The van der Waals surface area contributed by atoms with Gasteiger partial charge in [0.15, 0.2) is 0 Å². The smallest absolute Gasteiger partial charge is 0.261 e. The van der Waals surface area contributed by atoms with Crippen molar-refractivity contribution in [1.82, 2.24) is 0 Å². The van der Waals surface area contributed by atoms with Crippen LogP contribution in [0.15, 0.2) is 24.3 Å². The lowest BCUT2D eigenvalue weighted by Gasteiger charge is -1.99. The molecule has 1 aromatic carbocycles. The summed E-state index contributed by atoms with van der Waals surface area (Å²) >= 11 is 0. The summed E-state index contributed by atoms with van der Waals surface area (Å²) in [5.74, 6) is 0. The first-order valence-corrected chi connectivity index (χ1v) is 3.98. The zero-order valence-corrected chi connectivity index (χ0v) is 7.01. The average Bonchev–Trinajstić information content (AvgIpc) is 2.03. The Kier molecular flexibility index (Phi) is 2.97.